The van der Waals surface area contributed by atoms with Crippen LogP contribution in [0.5, 0.6) is 0 Å². The average Bonchev–Trinajstić information content (AvgIpc) is 3.75. The van der Waals surface area contributed by atoms with Crippen LogP contribution in [0.3, 0.4) is 0 Å². The molecule has 0 spiro atoms. The molecule has 13 nitrogen and oxygen atoms in total. The van der Waals surface area contributed by atoms with Gasteiger partial charge in [-0.05, 0) is 123 Å². The van der Waals surface area contributed by atoms with E-state index in [-0.39, 0.29) is 11.6 Å². The van der Waals surface area contributed by atoms with Gasteiger partial charge in [-0.2, -0.15) is 10.2 Å². The molecule has 0 unspecified atom stereocenters. The van der Waals surface area contributed by atoms with Crippen molar-refractivity contribution in [2.75, 3.05) is 85.1 Å². The van der Waals surface area contributed by atoms with Gasteiger partial charge < -0.3 is 25.3 Å². The highest BCUT2D eigenvalue weighted by molar-refractivity contribution is 6.28. The molecule has 4 aromatic heterocycles. The number of benzene rings is 2. The van der Waals surface area contributed by atoms with Crippen LogP contribution in [0, 0.1) is 0 Å². The topological polar surface area (TPSA) is 129 Å². The second-order valence-electron chi connectivity index (χ2n) is 15.6. The standard InChI is InChI=1S/C43H51N11O2/c1-50(2)20-8-24-53-34-12-10-32(36-38(34)40(48-53)28-14-18-44-26-30(28)42(36)55)46-16-6-22-52(5)23-7-17-47-33-11-13-35-39-37(33)43(56)31-27-45-19-15-29(31)41(39)49-54(35)25-9-21-51(3)4/h10-15,18-19,26-27,46-47H,6-9,16-17,20-25H2,1-5H3. The lowest BCUT2D eigenvalue weighted by Gasteiger charge is -2.20. The van der Waals surface area contributed by atoms with E-state index in [2.05, 4.69) is 92.0 Å². The van der Waals surface area contributed by atoms with Gasteiger partial charge in [-0.3, -0.25) is 28.9 Å². The normalized spacial score (nSPS) is 13.1. The Morgan fingerprint density at radius 3 is 1.43 bits per heavy atom. The number of aryl methyl sites for hydroxylation is 2. The number of nitrogens with one attached hydrogen (secondary N) is 2. The highest BCUT2D eigenvalue weighted by atomic mass is 16.1. The fourth-order valence-electron chi connectivity index (χ4n) is 8.19. The van der Waals surface area contributed by atoms with Crippen molar-refractivity contribution in [2.24, 2.45) is 0 Å². The summed E-state index contributed by atoms with van der Waals surface area (Å²) in [6, 6.07) is 12.1. The van der Waals surface area contributed by atoms with Gasteiger partial charge in [0.25, 0.3) is 0 Å². The third kappa shape index (κ3) is 7.06. The molecule has 2 aliphatic carbocycles. The number of hydrogen-bond donors (Lipinski definition) is 2. The van der Waals surface area contributed by atoms with Crippen molar-refractivity contribution < 1.29 is 9.59 Å². The predicted octanol–water partition coefficient (Wildman–Crippen LogP) is 5.74. The summed E-state index contributed by atoms with van der Waals surface area (Å²) in [4.78, 5) is 43.0. The lowest BCUT2D eigenvalue weighted by atomic mass is 9.87. The van der Waals surface area contributed by atoms with E-state index >= 15 is 0 Å². The molecule has 4 heterocycles. The van der Waals surface area contributed by atoms with E-state index in [1.807, 2.05) is 24.3 Å². The minimum absolute atomic E-state index is 0.00732. The van der Waals surface area contributed by atoms with E-state index in [1.165, 1.54) is 0 Å². The quantitative estimate of drug-likeness (QED) is 0.104. The fourth-order valence-corrected chi connectivity index (χ4v) is 8.19. The summed E-state index contributed by atoms with van der Waals surface area (Å²) in [7, 11) is 10.4. The second-order valence-corrected chi connectivity index (χ2v) is 15.6. The van der Waals surface area contributed by atoms with Crippen molar-refractivity contribution in [2.45, 2.75) is 38.8 Å². The number of fused-ring (bicyclic) bond motifs is 4. The molecule has 6 aromatic rings. The molecular formula is C43H51N11O2. The fraction of sp³-hybridized carbons (Fsp3) is 0.395. The van der Waals surface area contributed by atoms with E-state index in [9.17, 15) is 9.59 Å². The molecule has 2 aromatic carbocycles. The van der Waals surface area contributed by atoms with Gasteiger partial charge in [0, 0.05) is 84.2 Å². The van der Waals surface area contributed by atoms with Crippen LogP contribution in [0.2, 0.25) is 0 Å². The van der Waals surface area contributed by atoms with Crippen molar-refractivity contribution in [1.82, 2.24) is 44.2 Å². The number of carbonyl (C=O) groups is 2. The van der Waals surface area contributed by atoms with Crippen LogP contribution in [0.1, 0.15) is 57.5 Å². The van der Waals surface area contributed by atoms with Crippen LogP contribution in [-0.4, -0.2) is 130 Å². The highest BCUT2D eigenvalue weighted by Crippen LogP contribution is 2.43. The Hall–Kier alpha value is -5.50. The summed E-state index contributed by atoms with van der Waals surface area (Å²) in [5, 5.41) is 19.1. The molecule has 0 saturated heterocycles. The Balaban J connectivity index is 0.890. The monoisotopic (exact) mass is 753 g/mol. The van der Waals surface area contributed by atoms with Gasteiger partial charge in [0.2, 0.25) is 0 Å². The molecule has 56 heavy (non-hydrogen) atoms. The van der Waals surface area contributed by atoms with Gasteiger partial charge in [-0.1, -0.05) is 0 Å². The molecule has 13 heteroatoms. The Morgan fingerprint density at radius 2 is 1.00 bits per heavy atom. The van der Waals surface area contributed by atoms with E-state index < -0.39 is 0 Å². The summed E-state index contributed by atoms with van der Waals surface area (Å²) < 4.78 is 4.10. The minimum Gasteiger partial charge on any atom is -0.384 e. The number of rotatable bonds is 18. The van der Waals surface area contributed by atoms with Crippen molar-refractivity contribution in [3.8, 4) is 22.5 Å². The Labute approximate surface area is 327 Å². The third-order valence-electron chi connectivity index (χ3n) is 10.9. The minimum atomic E-state index is -0.00732. The molecule has 0 radical (unpaired) electrons. The van der Waals surface area contributed by atoms with Crippen molar-refractivity contribution >= 4 is 44.7 Å². The molecule has 0 atom stereocenters. The Morgan fingerprint density at radius 1 is 0.554 bits per heavy atom. The van der Waals surface area contributed by atoms with Gasteiger partial charge in [0.15, 0.2) is 11.6 Å². The number of ketones is 2. The summed E-state index contributed by atoms with van der Waals surface area (Å²) >= 11 is 0. The van der Waals surface area contributed by atoms with Crippen molar-refractivity contribution in [3.63, 3.8) is 0 Å². The van der Waals surface area contributed by atoms with Gasteiger partial charge in [-0.15, -0.1) is 0 Å². The lowest BCUT2D eigenvalue weighted by Crippen LogP contribution is -2.24. The Bertz CT molecular complexity index is 2260. The summed E-state index contributed by atoms with van der Waals surface area (Å²) in [5.74, 6) is -0.0146. The van der Waals surface area contributed by atoms with Crippen LogP contribution in [0.15, 0.2) is 61.2 Å². The Kier molecular flexibility index (Phi) is 10.6. The molecule has 0 fully saturated rings. The van der Waals surface area contributed by atoms with Crippen molar-refractivity contribution in [1.29, 1.82) is 0 Å². The zero-order valence-corrected chi connectivity index (χ0v) is 33.1. The largest absolute Gasteiger partial charge is 0.384 e. The van der Waals surface area contributed by atoms with Gasteiger partial charge >= 0.3 is 0 Å². The van der Waals surface area contributed by atoms with Gasteiger partial charge in [0.05, 0.1) is 33.3 Å². The zero-order chi connectivity index (χ0) is 38.9. The average molecular weight is 754 g/mol. The molecule has 2 N–H and O–H groups in total. The zero-order valence-electron chi connectivity index (χ0n) is 33.1. The number of anilines is 2. The maximum absolute atomic E-state index is 13.9. The number of carbonyl (C=O) groups excluding carboxylic acids is 2. The first-order valence-electron chi connectivity index (χ1n) is 19.7. The maximum atomic E-state index is 13.9. The van der Waals surface area contributed by atoms with E-state index in [0.717, 1.165) is 134 Å². The van der Waals surface area contributed by atoms with Gasteiger partial charge in [-0.25, -0.2) is 0 Å². The van der Waals surface area contributed by atoms with Crippen LogP contribution in [0.25, 0.3) is 44.3 Å². The number of pyridine rings is 2. The molecular weight excluding hydrogens is 703 g/mol. The molecule has 0 aliphatic heterocycles. The van der Waals surface area contributed by atoms with Crippen LogP contribution in [-0.2, 0) is 13.1 Å². The van der Waals surface area contributed by atoms with Gasteiger partial charge in [0.1, 0.15) is 11.4 Å². The van der Waals surface area contributed by atoms with Crippen LogP contribution in [0.4, 0.5) is 11.4 Å². The molecule has 290 valence electrons. The molecule has 0 bridgehead atoms. The van der Waals surface area contributed by atoms with E-state index in [4.69, 9.17) is 10.2 Å². The van der Waals surface area contributed by atoms with Crippen LogP contribution < -0.4 is 10.6 Å². The SMILES string of the molecule is CN(C)CCCn1nc2c3c(c(NCCCN(C)CCCNc4ccc5c6c(nn5CCCN(C)C)-c5ccncc5C(=O)c46)ccc31)C(=O)c1cnccc1-2. The summed E-state index contributed by atoms with van der Waals surface area (Å²) in [6.45, 7) is 6.74. The smallest absolute Gasteiger partial charge is 0.198 e. The maximum Gasteiger partial charge on any atom is 0.198 e. The highest BCUT2D eigenvalue weighted by Gasteiger charge is 2.33. The second kappa shape index (κ2) is 15.9. The number of hydrogen-bond acceptors (Lipinski definition) is 11. The predicted molar refractivity (Wildman–Crippen MR) is 223 cm³/mol. The first-order valence-corrected chi connectivity index (χ1v) is 19.7. The molecule has 8 rings (SSSR count). The summed E-state index contributed by atoms with van der Waals surface area (Å²) in [5.41, 5.74) is 9.66. The first-order chi connectivity index (χ1) is 27.2. The lowest BCUT2D eigenvalue weighted by molar-refractivity contribution is 0.103. The van der Waals surface area contributed by atoms with Crippen LogP contribution >= 0.6 is 0 Å². The third-order valence-corrected chi connectivity index (χ3v) is 10.9. The molecule has 2 aliphatic rings. The number of aromatic nitrogens is 6. The van der Waals surface area contributed by atoms with E-state index in [1.54, 1.807) is 24.8 Å². The first kappa shape index (κ1) is 37.4. The van der Waals surface area contributed by atoms with Crippen molar-refractivity contribution in [3.05, 3.63) is 83.4 Å². The van der Waals surface area contributed by atoms with E-state index in [0.29, 0.717) is 22.3 Å². The number of nitrogens with zero attached hydrogens (tertiary/aromatic N) is 9. The summed E-state index contributed by atoms with van der Waals surface area (Å²) in [6.07, 6.45) is 10.6. The molecule has 0 amide bonds. The molecule has 0 saturated carbocycles.